The summed E-state index contributed by atoms with van der Waals surface area (Å²) in [4.78, 5) is 0. The van der Waals surface area contributed by atoms with Gasteiger partial charge in [-0.1, -0.05) is 140 Å². The highest BCUT2D eigenvalue weighted by molar-refractivity contribution is 6.26. The molecule has 0 aliphatic rings. The van der Waals surface area contributed by atoms with Gasteiger partial charge in [0.1, 0.15) is 34.5 Å². The van der Waals surface area contributed by atoms with Crippen LogP contribution in [0.4, 0.5) is 0 Å². The lowest BCUT2D eigenvalue weighted by atomic mass is 9.93. The summed E-state index contributed by atoms with van der Waals surface area (Å²) in [6.45, 7) is 0. The van der Waals surface area contributed by atoms with E-state index in [0.717, 1.165) is 121 Å². The van der Waals surface area contributed by atoms with Crippen LogP contribution in [-0.4, -0.2) is 9.13 Å². The van der Waals surface area contributed by atoms with Crippen molar-refractivity contribution in [2.75, 3.05) is 0 Å². The Morgan fingerprint density at radius 1 is 0.324 bits per heavy atom. The van der Waals surface area contributed by atoms with Gasteiger partial charge in [0.05, 0.1) is 55.3 Å². The number of nitrogens with zero attached hydrogens (tertiary/aromatic N) is 4. The molecule has 68 heavy (non-hydrogen) atoms. The van der Waals surface area contributed by atoms with Crippen LogP contribution in [-0.2, 0) is 0 Å². The summed E-state index contributed by atoms with van der Waals surface area (Å²) in [5.41, 5.74) is 14.7. The zero-order valence-corrected chi connectivity index (χ0v) is 36.2. The summed E-state index contributed by atoms with van der Waals surface area (Å²) in [6, 6.07) is 75.8. The zero-order valence-electron chi connectivity index (χ0n) is 36.2. The molecule has 0 aliphatic carbocycles. The molecule has 0 radical (unpaired) electrons. The molecule has 0 atom stereocenters. The largest absolute Gasteiger partial charge is 0.455 e. The second kappa shape index (κ2) is 14.4. The fraction of sp³-hybridized carbons (Fsp3) is 0. The normalized spacial score (nSPS) is 11.8. The molecule has 10 aromatic carbocycles. The average molecular weight is 867 g/mol. The standard InChI is InChI=1S/C62H34N4O2/c63-35-42-32-43(36-64)60(66-51-29-25-41(38-16-6-2-7-17-38)34-49(51)58-53(66)31-27-47-45-21-11-13-23-55(45)68-62(47)58)56(39-18-8-3-9-19-39)59(42)65-50-28-24-40(37-14-4-1-5-15-37)33-48(50)57-52(65)30-26-46-44-20-10-12-22-54(44)67-61(46)57/h1-34H. The summed E-state index contributed by atoms with van der Waals surface area (Å²) < 4.78 is 18.1. The van der Waals surface area contributed by atoms with Crippen LogP contribution in [0.5, 0.6) is 0 Å². The van der Waals surface area contributed by atoms with E-state index in [1.54, 1.807) is 6.07 Å². The third kappa shape index (κ3) is 5.31. The monoisotopic (exact) mass is 866 g/mol. The lowest BCUT2D eigenvalue weighted by molar-refractivity contribution is 0.672. The molecule has 0 spiro atoms. The first-order valence-corrected chi connectivity index (χ1v) is 22.6. The van der Waals surface area contributed by atoms with Crippen molar-refractivity contribution in [2.24, 2.45) is 0 Å². The van der Waals surface area contributed by atoms with E-state index in [0.29, 0.717) is 22.5 Å². The minimum absolute atomic E-state index is 0.367. The van der Waals surface area contributed by atoms with Crippen molar-refractivity contribution < 1.29 is 8.83 Å². The maximum atomic E-state index is 11.4. The first-order chi connectivity index (χ1) is 33.7. The van der Waals surface area contributed by atoms with Crippen LogP contribution in [0.2, 0.25) is 0 Å². The highest BCUT2D eigenvalue weighted by atomic mass is 16.3. The van der Waals surface area contributed by atoms with Crippen LogP contribution in [0.3, 0.4) is 0 Å². The van der Waals surface area contributed by atoms with Crippen molar-refractivity contribution in [3.05, 3.63) is 217 Å². The van der Waals surface area contributed by atoms with Crippen LogP contribution in [0, 0.1) is 22.7 Å². The molecule has 0 N–H and O–H groups in total. The highest BCUT2D eigenvalue weighted by Gasteiger charge is 2.30. The molecule has 4 heterocycles. The number of furan rings is 2. The van der Waals surface area contributed by atoms with Crippen molar-refractivity contribution in [1.82, 2.24) is 9.13 Å². The molecular formula is C62H34N4O2. The molecule has 14 rings (SSSR count). The Balaban J connectivity index is 1.17. The van der Waals surface area contributed by atoms with Crippen LogP contribution >= 0.6 is 0 Å². The first kappa shape index (κ1) is 37.7. The zero-order chi connectivity index (χ0) is 45.0. The number of benzene rings is 10. The number of rotatable bonds is 5. The molecule has 6 heteroatoms. The lowest BCUT2D eigenvalue weighted by Crippen LogP contribution is -2.08. The summed E-state index contributed by atoms with van der Waals surface area (Å²) in [7, 11) is 0. The Hall–Kier alpha value is -9.62. The third-order valence-corrected chi connectivity index (χ3v) is 13.8. The van der Waals surface area contributed by atoms with E-state index in [4.69, 9.17) is 8.83 Å². The maximum absolute atomic E-state index is 11.4. The van der Waals surface area contributed by atoms with E-state index in [9.17, 15) is 10.5 Å². The fourth-order valence-corrected chi connectivity index (χ4v) is 10.9. The van der Waals surface area contributed by atoms with Gasteiger partial charge in [0, 0.05) is 37.9 Å². The minimum Gasteiger partial charge on any atom is -0.455 e. The fourth-order valence-electron chi connectivity index (χ4n) is 10.9. The van der Waals surface area contributed by atoms with Gasteiger partial charge >= 0.3 is 0 Å². The van der Waals surface area contributed by atoms with Gasteiger partial charge in [-0.25, -0.2) is 0 Å². The van der Waals surface area contributed by atoms with Gasteiger partial charge in [0.2, 0.25) is 0 Å². The Kier molecular flexibility index (Phi) is 8.01. The number of aromatic nitrogens is 2. The average Bonchev–Trinajstić information content (AvgIpc) is 4.16. The SMILES string of the molecule is N#Cc1cc(C#N)c(-n2c3ccc(-c4ccccc4)cc3c3c4oc5ccccc5c4ccc32)c(-c2ccccc2)c1-n1c2ccc(-c3ccccc3)cc2c2c3oc4ccccc4c3ccc21. The minimum atomic E-state index is 0.367. The molecule has 0 bridgehead atoms. The maximum Gasteiger partial charge on any atom is 0.145 e. The van der Waals surface area contributed by atoms with Gasteiger partial charge in [-0.2, -0.15) is 10.5 Å². The van der Waals surface area contributed by atoms with Crippen LogP contribution in [0.15, 0.2) is 215 Å². The molecule has 4 aromatic heterocycles. The Morgan fingerprint density at radius 3 is 1.16 bits per heavy atom. The number of fused-ring (bicyclic) bond motifs is 14. The number of hydrogen-bond acceptors (Lipinski definition) is 4. The molecule has 0 saturated carbocycles. The van der Waals surface area contributed by atoms with E-state index in [1.807, 2.05) is 66.7 Å². The van der Waals surface area contributed by atoms with E-state index in [-0.39, 0.29) is 0 Å². The van der Waals surface area contributed by atoms with Gasteiger partial charge in [0.15, 0.2) is 0 Å². The van der Waals surface area contributed by atoms with Crippen molar-refractivity contribution in [2.45, 2.75) is 0 Å². The molecule has 0 amide bonds. The summed E-state index contributed by atoms with van der Waals surface area (Å²) in [5, 5.41) is 30.7. The molecule has 14 aromatic rings. The van der Waals surface area contributed by atoms with Gasteiger partial charge < -0.3 is 18.0 Å². The summed E-state index contributed by atoms with van der Waals surface area (Å²) >= 11 is 0. The van der Waals surface area contributed by atoms with E-state index >= 15 is 0 Å². The number of para-hydroxylation sites is 2. The summed E-state index contributed by atoms with van der Waals surface area (Å²) in [6.07, 6.45) is 0. The van der Waals surface area contributed by atoms with E-state index in [1.165, 1.54) is 0 Å². The Morgan fingerprint density at radius 2 is 0.721 bits per heavy atom. The second-order valence-corrected chi connectivity index (χ2v) is 17.4. The molecular weight excluding hydrogens is 833 g/mol. The predicted octanol–water partition coefficient (Wildman–Crippen LogP) is 16.4. The third-order valence-electron chi connectivity index (χ3n) is 13.8. The smallest absolute Gasteiger partial charge is 0.145 e. The van der Waals surface area contributed by atoms with Crippen molar-refractivity contribution >= 4 is 87.5 Å². The van der Waals surface area contributed by atoms with Crippen LogP contribution in [0.1, 0.15) is 11.1 Å². The second-order valence-electron chi connectivity index (χ2n) is 17.4. The lowest BCUT2D eigenvalue weighted by Gasteiger charge is -2.22. The molecule has 0 aliphatic heterocycles. The molecule has 0 fully saturated rings. The molecule has 0 saturated heterocycles. The number of nitriles is 2. The van der Waals surface area contributed by atoms with E-state index < -0.39 is 0 Å². The quantitative estimate of drug-likeness (QED) is 0.172. The van der Waals surface area contributed by atoms with Gasteiger partial charge in [-0.3, -0.25) is 0 Å². The first-order valence-electron chi connectivity index (χ1n) is 22.6. The summed E-state index contributed by atoms with van der Waals surface area (Å²) in [5.74, 6) is 0. The van der Waals surface area contributed by atoms with Gasteiger partial charge in [0.25, 0.3) is 0 Å². The van der Waals surface area contributed by atoms with Crippen molar-refractivity contribution in [3.8, 4) is 56.9 Å². The van der Waals surface area contributed by atoms with Crippen molar-refractivity contribution in [3.63, 3.8) is 0 Å². The van der Waals surface area contributed by atoms with E-state index in [2.05, 4.69) is 155 Å². The van der Waals surface area contributed by atoms with Crippen LogP contribution in [0.25, 0.3) is 132 Å². The number of hydrogen-bond donors (Lipinski definition) is 0. The Bertz CT molecular complexity index is 4230. The molecule has 6 nitrogen and oxygen atoms in total. The highest BCUT2D eigenvalue weighted by Crippen LogP contribution is 2.49. The predicted molar refractivity (Wildman–Crippen MR) is 275 cm³/mol. The van der Waals surface area contributed by atoms with Gasteiger partial charge in [-0.05, 0) is 94.5 Å². The van der Waals surface area contributed by atoms with Crippen molar-refractivity contribution in [1.29, 1.82) is 10.5 Å². The Labute approximate surface area is 388 Å². The molecule has 0 unspecified atom stereocenters. The topological polar surface area (TPSA) is 83.7 Å². The van der Waals surface area contributed by atoms with Gasteiger partial charge in [-0.15, -0.1) is 0 Å². The van der Waals surface area contributed by atoms with Crippen LogP contribution < -0.4 is 0 Å². The molecule has 314 valence electrons.